The molecule has 4 rings (SSSR count). The maximum absolute atomic E-state index is 11.6. The number of hydrogen-bond donors (Lipinski definition) is 2. The Morgan fingerprint density at radius 3 is 2.70 bits per heavy atom. The number of benzene rings is 2. The number of nitrogens with one attached hydrogen (secondary N) is 1. The molecular formula is C19H16BrNO2. The van der Waals surface area contributed by atoms with Crippen LogP contribution in [0.15, 0.2) is 59.1 Å². The molecule has 0 unspecified atom stereocenters. The lowest BCUT2D eigenvalue weighted by molar-refractivity contribution is 0.0697. The molecule has 2 aromatic carbocycles. The first-order chi connectivity index (χ1) is 11.1. The smallest absolute Gasteiger partial charge is 0.337 e. The van der Waals surface area contributed by atoms with Gasteiger partial charge >= 0.3 is 5.97 Å². The van der Waals surface area contributed by atoms with Crippen LogP contribution in [0.3, 0.4) is 0 Å². The number of carbonyl (C=O) groups is 1. The third-order valence-electron chi connectivity index (χ3n) is 4.86. The number of allylic oxidation sites excluding steroid dienone is 2. The monoisotopic (exact) mass is 369 g/mol. The van der Waals surface area contributed by atoms with Crippen LogP contribution in [0.25, 0.3) is 0 Å². The molecule has 2 aliphatic rings. The zero-order chi connectivity index (χ0) is 16.0. The number of hydrogen-bond acceptors (Lipinski definition) is 2. The SMILES string of the molecule is O=C(O)c1cccc2c1N[C@H](c1ccc(Br)cc1)[C@H]1CC=C[C@@H]21. The van der Waals surface area contributed by atoms with Gasteiger partial charge in [0.25, 0.3) is 0 Å². The van der Waals surface area contributed by atoms with E-state index in [-0.39, 0.29) is 12.0 Å². The van der Waals surface area contributed by atoms with Crippen molar-refractivity contribution in [2.24, 2.45) is 5.92 Å². The molecule has 4 heteroatoms. The van der Waals surface area contributed by atoms with Crippen molar-refractivity contribution in [3.63, 3.8) is 0 Å². The van der Waals surface area contributed by atoms with Crippen molar-refractivity contribution >= 4 is 27.6 Å². The number of para-hydroxylation sites is 1. The zero-order valence-corrected chi connectivity index (χ0v) is 14.0. The summed E-state index contributed by atoms with van der Waals surface area (Å²) in [5.41, 5.74) is 3.40. The largest absolute Gasteiger partial charge is 0.478 e. The number of rotatable bonds is 2. The molecule has 0 saturated carbocycles. The van der Waals surface area contributed by atoms with Gasteiger partial charge in [0.05, 0.1) is 17.3 Å². The highest BCUT2D eigenvalue weighted by Gasteiger charge is 2.39. The third kappa shape index (κ3) is 2.38. The summed E-state index contributed by atoms with van der Waals surface area (Å²) in [6.07, 6.45) is 5.45. The Hall–Kier alpha value is -2.07. The summed E-state index contributed by atoms with van der Waals surface area (Å²) in [6.45, 7) is 0. The summed E-state index contributed by atoms with van der Waals surface area (Å²) < 4.78 is 1.05. The summed E-state index contributed by atoms with van der Waals surface area (Å²) in [6, 6.07) is 14.0. The highest BCUT2D eigenvalue weighted by Crippen LogP contribution is 2.50. The van der Waals surface area contributed by atoms with E-state index in [4.69, 9.17) is 0 Å². The first-order valence-electron chi connectivity index (χ1n) is 7.70. The molecule has 1 aliphatic heterocycles. The molecule has 1 aliphatic carbocycles. The van der Waals surface area contributed by atoms with Gasteiger partial charge in [-0.3, -0.25) is 0 Å². The standard InChI is InChI=1S/C19H16BrNO2/c20-12-9-7-11(8-10-12)17-14-4-1-3-13(14)15-5-2-6-16(19(22)23)18(15)21-17/h1-3,5-10,13-14,17,21H,4H2,(H,22,23)/t13-,14+,17-/m1/s1. The van der Waals surface area contributed by atoms with Gasteiger partial charge in [-0.25, -0.2) is 4.79 Å². The molecule has 2 aromatic rings. The maximum Gasteiger partial charge on any atom is 0.337 e. The lowest BCUT2D eigenvalue weighted by atomic mass is 9.76. The molecule has 0 aromatic heterocycles. The van der Waals surface area contributed by atoms with Crippen molar-refractivity contribution in [2.45, 2.75) is 18.4 Å². The molecule has 0 fully saturated rings. The van der Waals surface area contributed by atoms with E-state index in [1.54, 1.807) is 6.07 Å². The number of halogens is 1. The van der Waals surface area contributed by atoms with E-state index < -0.39 is 5.97 Å². The number of carboxylic acids is 1. The fourth-order valence-corrected chi connectivity index (χ4v) is 4.06. The van der Waals surface area contributed by atoms with E-state index >= 15 is 0 Å². The van der Waals surface area contributed by atoms with Gasteiger partial charge in [0.1, 0.15) is 0 Å². The van der Waals surface area contributed by atoms with Crippen molar-refractivity contribution < 1.29 is 9.90 Å². The van der Waals surface area contributed by atoms with E-state index in [9.17, 15) is 9.90 Å². The van der Waals surface area contributed by atoms with E-state index in [2.05, 4.69) is 45.5 Å². The highest BCUT2D eigenvalue weighted by atomic mass is 79.9. The summed E-state index contributed by atoms with van der Waals surface area (Å²) >= 11 is 3.47. The maximum atomic E-state index is 11.6. The Morgan fingerprint density at radius 1 is 1.17 bits per heavy atom. The van der Waals surface area contributed by atoms with Gasteiger partial charge in [0, 0.05) is 10.4 Å². The van der Waals surface area contributed by atoms with Gasteiger partial charge in [0.2, 0.25) is 0 Å². The van der Waals surface area contributed by atoms with Gasteiger partial charge < -0.3 is 10.4 Å². The second-order valence-electron chi connectivity index (χ2n) is 6.10. The minimum absolute atomic E-state index is 0.121. The first-order valence-corrected chi connectivity index (χ1v) is 8.49. The van der Waals surface area contributed by atoms with Crippen LogP contribution in [0.4, 0.5) is 5.69 Å². The molecule has 116 valence electrons. The van der Waals surface area contributed by atoms with E-state index in [1.165, 1.54) is 5.56 Å². The average molecular weight is 370 g/mol. The van der Waals surface area contributed by atoms with Crippen LogP contribution in [-0.4, -0.2) is 11.1 Å². The number of carboxylic acid groups (broad SMARTS) is 1. The van der Waals surface area contributed by atoms with Gasteiger partial charge in [-0.2, -0.15) is 0 Å². The van der Waals surface area contributed by atoms with Crippen molar-refractivity contribution in [3.8, 4) is 0 Å². The molecule has 0 amide bonds. The lowest BCUT2D eigenvalue weighted by Crippen LogP contribution is -2.30. The Kier molecular flexibility index (Phi) is 3.49. The van der Waals surface area contributed by atoms with Crippen LogP contribution in [0, 0.1) is 5.92 Å². The molecule has 0 spiro atoms. The van der Waals surface area contributed by atoms with Gasteiger partial charge in [-0.15, -0.1) is 0 Å². The molecule has 3 atom stereocenters. The Labute approximate surface area is 143 Å². The fourth-order valence-electron chi connectivity index (χ4n) is 3.80. The van der Waals surface area contributed by atoms with E-state index in [0.29, 0.717) is 11.5 Å². The van der Waals surface area contributed by atoms with Crippen LogP contribution in [0.2, 0.25) is 0 Å². The normalized spacial score (nSPS) is 24.7. The molecule has 0 radical (unpaired) electrons. The molecule has 0 saturated heterocycles. The molecule has 0 bridgehead atoms. The van der Waals surface area contributed by atoms with Crippen molar-refractivity contribution in [3.05, 3.63) is 75.8 Å². The Balaban J connectivity index is 1.83. The Bertz CT molecular complexity index is 798. The predicted molar refractivity (Wildman–Crippen MR) is 93.9 cm³/mol. The summed E-state index contributed by atoms with van der Waals surface area (Å²) in [4.78, 5) is 11.6. The van der Waals surface area contributed by atoms with Crippen LogP contribution >= 0.6 is 15.9 Å². The molecule has 2 N–H and O–H groups in total. The average Bonchev–Trinajstić information content (AvgIpc) is 3.04. The summed E-state index contributed by atoms with van der Waals surface area (Å²) in [5, 5.41) is 13.0. The number of aromatic carboxylic acids is 1. The van der Waals surface area contributed by atoms with Crippen molar-refractivity contribution in [1.82, 2.24) is 0 Å². The van der Waals surface area contributed by atoms with Gasteiger partial charge in [-0.1, -0.05) is 52.3 Å². The van der Waals surface area contributed by atoms with Crippen LogP contribution in [0.1, 0.15) is 39.9 Å². The van der Waals surface area contributed by atoms with Gasteiger partial charge in [0.15, 0.2) is 0 Å². The highest BCUT2D eigenvalue weighted by molar-refractivity contribution is 9.10. The minimum Gasteiger partial charge on any atom is -0.478 e. The second kappa shape index (κ2) is 5.53. The fraction of sp³-hybridized carbons (Fsp3) is 0.211. The quantitative estimate of drug-likeness (QED) is 0.734. The second-order valence-corrected chi connectivity index (χ2v) is 7.02. The zero-order valence-electron chi connectivity index (χ0n) is 12.4. The van der Waals surface area contributed by atoms with E-state index in [0.717, 1.165) is 22.1 Å². The lowest BCUT2D eigenvalue weighted by Gasteiger charge is -2.38. The summed E-state index contributed by atoms with van der Waals surface area (Å²) in [5.74, 6) is -0.184. The molecule has 3 nitrogen and oxygen atoms in total. The van der Waals surface area contributed by atoms with E-state index in [1.807, 2.05) is 24.3 Å². The van der Waals surface area contributed by atoms with Crippen LogP contribution in [0.5, 0.6) is 0 Å². The van der Waals surface area contributed by atoms with Crippen LogP contribution < -0.4 is 5.32 Å². The molecular weight excluding hydrogens is 354 g/mol. The Morgan fingerprint density at radius 2 is 1.96 bits per heavy atom. The minimum atomic E-state index is -0.885. The first kappa shape index (κ1) is 14.5. The number of fused-ring (bicyclic) bond motifs is 3. The third-order valence-corrected chi connectivity index (χ3v) is 5.38. The summed E-state index contributed by atoms with van der Waals surface area (Å²) in [7, 11) is 0. The number of anilines is 1. The van der Waals surface area contributed by atoms with Gasteiger partial charge in [-0.05, 0) is 41.7 Å². The van der Waals surface area contributed by atoms with Crippen molar-refractivity contribution in [2.75, 3.05) is 5.32 Å². The van der Waals surface area contributed by atoms with Crippen LogP contribution in [-0.2, 0) is 0 Å². The predicted octanol–water partition coefficient (Wildman–Crippen LogP) is 4.97. The van der Waals surface area contributed by atoms with Crippen molar-refractivity contribution in [1.29, 1.82) is 0 Å². The topological polar surface area (TPSA) is 49.3 Å². The molecule has 1 heterocycles. The molecule has 23 heavy (non-hydrogen) atoms.